The van der Waals surface area contributed by atoms with Crippen molar-refractivity contribution in [2.24, 2.45) is 0 Å². The summed E-state index contributed by atoms with van der Waals surface area (Å²) in [7, 11) is 0. The van der Waals surface area contributed by atoms with Crippen molar-refractivity contribution in [3.05, 3.63) is 47.3 Å². The van der Waals surface area contributed by atoms with Gasteiger partial charge in [0, 0.05) is 12.3 Å². The monoisotopic (exact) mass is 209 g/mol. The van der Waals surface area contributed by atoms with Crippen molar-refractivity contribution in [3.8, 4) is 0 Å². The fourth-order valence-electron chi connectivity index (χ4n) is 1.36. The minimum Gasteiger partial charge on any atom is -0.248 e. The lowest BCUT2D eigenvalue weighted by molar-refractivity contribution is 0.572. The number of rotatable bonds is 2. The maximum Gasteiger partial charge on any atom is 0.126 e. The van der Waals surface area contributed by atoms with Crippen molar-refractivity contribution in [1.29, 1.82) is 0 Å². The third kappa shape index (κ3) is 2.37. The molecule has 0 spiro atoms. The second-order valence-corrected chi connectivity index (χ2v) is 3.34. The molecule has 0 fully saturated rings. The van der Waals surface area contributed by atoms with Crippen LogP contribution in [0.15, 0.2) is 24.4 Å². The lowest BCUT2D eigenvalue weighted by Gasteiger charge is -2.01. The van der Waals surface area contributed by atoms with Gasteiger partial charge in [-0.2, -0.15) is 0 Å². The van der Waals surface area contributed by atoms with Crippen LogP contribution in [0.25, 0.3) is 0 Å². The van der Waals surface area contributed by atoms with E-state index in [0.717, 1.165) is 11.8 Å². The summed E-state index contributed by atoms with van der Waals surface area (Å²) >= 11 is 0. The summed E-state index contributed by atoms with van der Waals surface area (Å²) in [6.45, 7) is 2.12. The van der Waals surface area contributed by atoms with Gasteiger partial charge in [-0.05, 0) is 24.6 Å². The second kappa shape index (κ2) is 3.76. The van der Waals surface area contributed by atoms with Gasteiger partial charge in [-0.15, -0.1) is 5.10 Å². The Hall–Kier alpha value is -1.78. The second-order valence-electron chi connectivity index (χ2n) is 3.34. The quantitative estimate of drug-likeness (QED) is 0.756. The van der Waals surface area contributed by atoms with Crippen molar-refractivity contribution in [2.75, 3.05) is 0 Å². The summed E-state index contributed by atoms with van der Waals surface area (Å²) in [4.78, 5) is 0. The molecule has 15 heavy (non-hydrogen) atoms. The Labute approximate surface area is 85.3 Å². The van der Waals surface area contributed by atoms with Crippen LogP contribution < -0.4 is 0 Å². The zero-order valence-corrected chi connectivity index (χ0v) is 8.11. The molecule has 0 aliphatic heterocycles. The Bertz CT molecular complexity index is 459. The lowest BCUT2D eigenvalue weighted by atomic mass is 10.2. The molecule has 0 N–H and O–H groups in total. The van der Waals surface area contributed by atoms with Crippen LogP contribution in [0.2, 0.25) is 0 Å². The van der Waals surface area contributed by atoms with Crippen molar-refractivity contribution in [1.82, 2.24) is 15.0 Å². The zero-order chi connectivity index (χ0) is 10.8. The fraction of sp³-hybridized carbons (Fsp3) is 0.200. The molecule has 2 aromatic rings. The van der Waals surface area contributed by atoms with E-state index in [1.165, 1.54) is 16.8 Å². The van der Waals surface area contributed by atoms with Crippen molar-refractivity contribution < 1.29 is 8.78 Å². The lowest BCUT2D eigenvalue weighted by Crippen LogP contribution is -2.01. The van der Waals surface area contributed by atoms with Gasteiger partial charge < -0.3 is 0 Å². The van der Waals surface area contributed by atoms with Gasteiger partial charge in [0.15, 0.2) is 0 Å². The number of aryl methyl sites for hydroxylation is 1. The van der Waals surface area contributed by atoms with Gasteiger partial charge >= 0.3 is 0 Å². The average Bonchev–Trinajstić information content (AvgIpc) is 2.49. The molecule has 78 valence electrons. The van der Waals surface area contributed by atoms with Gasteiger partial charge in [-0.3, -0.25) is 0 Å². The van der Waals surface area contributed by atoms with E-state index in [1.807, 2.05) is 0 Å². The molecular formula is C10H9F2N3. The van der Waals surface area contributed by atoms with E-state index in [0.29, 0.717) is 12.1 Å². The minimum atomic E-state index is -0.582. The fourth-order valence-corrected chi connectivity index (χ4v) is 1.36. The number of nitrogens with zero attached hydrogens (tertiary/aromatic N) is 3. The topological polar surface area (TPSA) is 30.7 Å². The average molecular weight is 209 g/mol. The zero-order valence-electron chi connectivity index (χ0n) is 8.11. The molecule has 1 heterocycles. The highest BCUT2D eigenvalue weighted by Gasteiger charge is 2.02. The van der Waals surface area contributed by atoms with Crippen molar-refractivity contribution in [3.63, 3.8) is 0 Å². The molecule has 0 aliphatic carbocycles. The summed E-state index contributed by atoms with van der Waals surface area (Å²) in [5, 5.41) is 7.58. The number of halogens is 2. The molecule has 0 amide bonds. The molecule has 1 aromatic carbocycles. The molecule has 0 saturated carbocycles. The van der Waals surface area contributed by atoms with Crippen LogP contribution in [0.5, 0.6) is 0 Å². The molecule has 0 bridgehead atoms. The number of benzene rings is 1. The third-order valence-corrected chi connectivity index (χ3v) is 1.92. The van der Waals surface area contributed by atoms with Crippen LogP contribution in [0.4, 0.5) is 8.78 Å². The Morgan fingerprint density at radius 1 is 1.20 bits per heavy atom. The SMILES string of the molecule is Cc1cn(Cc2cc(F)cc(F)c2)nn1. The van der Waals surface area contributed by atoms with Gasteiger partial charge in [-0.25, -0.2) is 13.5 Å². The van der Waals surface area contributed by atoms with E-state index in [-0.39, 0.29) is 0 Å². The molecule has 0 saturated heterocycles. The molecule has 0 unspecified atom stereocenters. The van der Waals surface area contributed by atoms with E-state index < -0.39 is 11.6 Å². The number of hydrogen-bond acceptors (Lipinski definition) is 2. The predicted octanol–water partition coefficient (Wildman–Crippen LogP) is 1.91. The number of aromatic nitrogens is 3. The van der Waals surface area contributed by atoms with E-state index in [4.69, 9.17) is 0 Å². The van der Waals surface area contributed by atoms with Gasteiger partial charge in [-0.1, -0.05) is 5.21 Å². The van der Waals surface area contributed by atoms with Gasteiger partial charge in [0.05, 0.1) is 12.2 Å². The van der Waals surface area contributed by atoms with E-state index in [2.05, 4.69) is 10.3 Å². The van der Waals surface area contributed by atoms with Gasteiger partial charge in [0.2, 0.25) is 0 Å². The first-order valence-electron chi connectivity index (χ1n) is 4.45. The molecular weight excluding hydrogens is 200 g/mol. The highest BCUT2D eigenvalue weighted by Crippen LogP contribution is 2.09. The Morgan fingerprint density at radius 2 is 1.87 bits per heavy atom. The van der Waals surface area contributed by atoms with E-state index in [9.17, 15) is 8.78 Å². The summed E-state index contributed by atoms with van der Waals surface area (Å²) < 4.78 is 27.2. The summed E-state index contributed by atoms with van der Waals surface area (Å²) in [5.74, 6) is -1.16. The molecule has 5 heteroatoms. The van der Waals surface area contributed by atoms with Crippen LogP contribution >= 0.6 is 0 Å². The highest BCUT2D eigenvalue weighted by molar-refractivity contribution is 5.18. The predicted molar refractivity (Wildman–Crippen MR) is 50.2 cm³/mol. The maximum atomic E-state index is 12.9. The van der Waals surface area contributed by atoms with E-state index in [1.54, 1.807) is 13.1 Å². The standard InChI is InChI=1S/C10H9F2N3/c1-7-5-15(14-13-7)6-8-2-9(11)4-10(12)3-8/h2-5H,6H2,1H3. The largest absolute Gasteiger partial charge is 0.248 e. The van der Waals surface area contributed by atoms with Crippen LogP contribution in [-0.4, -0.2) is 15.0 Å². The van der Waals surface area contributed by atoms with Crippen LogP contribution in [0, 0.1) is 18.6 Å². The first-order valence-corrected chi connectivity index (χ1v) is 4.45. The Balaban J connectivity index is 2.24. The maximum absolute atomic E-state index is 12.9. The summed E-state index contributed by atoms with van der Waals surface area (Å²) in [6.07, 6.45) is 1.71. The van der Waals surface area contributed by atoms with Gasteiger partial charge in [0.25, 0.3) is 0 Å². The van der Waals surface area contributed by atoms with Crippen molar-refractivity contribution >= 4 is 0 Å². The first kappa shape index (κ1) is 9.76. The highest BCUT2D eigenvalue weighted by atomic mass is 19.1. The molecule has 2 rings (SSSR count). The first-order chi connectivity index (χ1) is 7.13. The third-order valence-electron chi connectivity index (χ3n) is 1.92. The molecule has 1 aromatic heterocycles. The normalized spacial score (nSPS) is 10.6. The minimum absolute atomic E-state index is 0.315. The molecule has 0 radical (unpaired) electrons. The van der Waals surface area contributed by atoms with Crippen LogP contribution in [0.1, 0.15) is 11.3 Å². The van der Waals surface area contributed by atoms with E-state index >= 15 is 0 Å². The Morgan fingerprint density at radius 3 is 2.40 bits per heavy atom. The molecule has 0 aliphatic rings. The Kier molecular flexibility index (Phi) is 2.45. The van der Waals surface area contributed by atoms with Crippen LogP contribution in [-0.2, 0) is 6.54 Å². The van der Waals surface area contributed by atoms with Crippen molar-refractivity contribution in [2.45, 2.75) is 13.5 Å². The smallest absolute Gasteiger partial charge is 0.126 e. The molecule has 3 nitrogen and oxygen atoms in total. The number of hydrogen-bond donors (Lipinski definition) is 0. The van der Waals surface area contributed by atoms with Gasteiger partial charge in [0.1, 0.15) is 11.6 Å². The molecule has 0 atom stereocenters. The van der Waals surface area contributed by atoms with Crippen LogP contribution in [0.3, 0.4) is 0 Å². The summed E-state index contributed by atoms with van der Waals surface area (Å²) in [6, 6.07) is 3.40. The summed E-state index contributed by atoms with van der Waals surface area (Å²) in [5.41, 5.74) is 1.30.